The summed E-state index contributed by atoms with van der Waals surface area (Å²) in [6.07, 6.45) is 3.97. The Balaban J connectivity index is 2.22. The molecule has 0 aliphatic heterocycles. The van der Waals surface area contributed by atoms with Crippen LogP contribution in [0.4, 0.5) is 0 Å². The van der Waals surface area contributed by atoms with Crippen molar-refractivity contribution in [2.45, 2.75) is 38.1 Å². The first-order valence-electron chi connectivity index (χ1n) is 5.86. The van der Waals surface area contributed by atoms with Crippen LogP contribution in [0.25, 0.3) is 0 Å². The normalized spacial score (nSPS) is 15.6. The molecule has 2 rings (SSSR count). The van der Waals surface area contributed by atoms with Gasteiger partial charge in [0.1, 0.15) is 0 Å². The van der Waals surface area contributed by atoms with E-state index < -0.39 is 5.97 Å². The molecule has 1 atom stereocenters. The standard InChI is InChI=1S/C13H16BrNO2/c14-9-6-8-2-1-3-10(8)11(7-9)12(15)4-5-13(16)17/h6-7,12H,1-5,15H2,(H,16,17). The number of halogens is 1. The second-order valence-corrected chi connectivity index (χ2v) is 5.44. The molecule has 3 nitrogen and oxygen atoms in total. The molecule has 0 aromatic heterocycles. The van der Waals surface area contributed by atoms with Gasteiger partial charge in [0, 0.05) is 16.9 Å². The molecule has 0 fully saturated rings. The second kappa shape index (κ2) is 5.19. The number of fused-ring (bicyclic) bond motifs is 1. The summed E-state index contributed by atoms with van der Waals surface area (Å²) >= 11 is 3.49. The van der Waals surface area contributed by atoms with Gasteiger partial charge < -0.3 is 10.8 Å². The van der Waals surface area contributed by atoms with Gasteiger partial charge in [-0.3, -0.25) is 4.79 Å². The molecule has 1 aliphatic rings. The molecule has 4 heteroatoms. The first-order valence-corrected chi connectivity index (χ1v) is 6.66. The van der Waals surface area contributed by atoms with Gasteiger partial charge in [0.2, 0.25) is 0 Å². The van der Waals surface area contributed by atoms with E-state index >= 15 is 0 Å². The highest BCUT2D eigenvalue weighted by molar-refractivity contribution is 9.10. The molecule has 92 valence electrons. The van der Waals surface area contributed by atoms with Gasteiger partial charge in [-0.1, -0.05) is 15.9 Å². The number of carboxylic acid groups (broad SMARTS) is 1. The van der Waals surface area contributed by atoms with E-state index in [1.54, 1.807) is 0 Å². The van der Waals surface area contributed by atoms with Crippen molar-refractivity contribution < 1.29 is 9.90 Å². The van der Waals surface area contributed by atoms with Crippen LogP contribution in [0.1, 0.15) is 42.0 Å². The Bertz CT molecular complexity index is 445. The first-order chi connectivity index (χ1) is 8.08. The number of benzene rings is 1. The lowest BCUT2D eigenvalue weighted by atomic mass is 9.95. The topological polar surface area (TPSA) is 63.3 Å². The number of nitrogens with two attached hydrogens (primary N) is 1. The minimum Gasteiger partial charge on any atom is -0.481 e. The van der Waals surface area contributed by atoms with Crippen molar-refractivity contribution in [2.75, 3.05) is 0 Å². The third kappa shape index (κ3) is 2.87. The van der Waals surface area contributed by atoms with Crippen molar-refractivity contribution in [3.05, 3.63) is 33.3 Å². The Morgan fingerprint density at radius 1 is 1.47 bits per heavy atom. The van der Waals surface area contributed by atoms with Gasteiger partial charge in [-0.2, -0.15) is 0 Å². The molecule has 0 heterocycles. The number of rotatable bonds is 4. The lowest BCUT2D eigenvalue weighted by Gasteiger charge is -2.16. The van der Waals surface area contributed by atoms with E-state index in [0.29, 0.717) is 6.42 Å². The number of hydrogen-bond donors (Lipinski definition) is 2. The van der Waals surface area contributed by atoms with Crippen molar-refractivity contribution in [3.8, 4) is 0 Å². The molecular weight excluding hydrogens is 282 g/mol. The van der Waals surface area contributed by atoms with E-state index in [2.05, 4.69) is 22.0 Å². The number of aryl methyl sites for hydroxylation is 1. The van der Waals surface area contributed by atoms with E-state index in [1.165, 1.54) is 17.5 Å². The van der Waals surface area contributed by atoms with Crippen LogP contribution < -0.4 is 5.73 Å². The van der Waals surface area contributed by atoms with Crippen molar-refractivity contribution in [1.82, 2.24) is 0 Å². The fraction of sp³-hybridized carbons (Fsp3) is 0.462. The largest absolute Gasteiger partial charge is 0.481 e. The first kappa shape index (κ1) is 12.6. The van der Waals surface area contributed by atoms with Gasteiger partial charge in [0.05, 0.1) is 0 Å². The van der Waals surface area contributed by atoms with Crippen molar-refractivity contribution in [1.29, 1.82) is 0 Å². The summed E-state index contributed by atoms with van der Waals surface area (Å²) < 4.78 is 1.04. The molecular formula is C13H16BrNO2. The highest BCUT2D eigenvalue weighted by Crippen LogP contribution is 2.33. The summed E-state index contributed by atoms with van der Waals surface area (Å²) in [6, 6.07) is 4.02. The molecule has 0 spiro atoms. The summed E-state index contributed by atoms with van der Waals surface area (Å²) in [5.41, 5.74) is 9.92. The molecule has 0 bridgehead atoms. The zero-order valence-electron chi connectivity index (χ0n) is 9.58. The fourth-order valence-electron chi connectivity index (χ4n) is 2.47. The molecule has 0 saturated heterocycles. The fourth-order valence-corrected chi connectivity index (χ4v) is 2.99. The number of aliphatic carboxylic acids is 1. The van der Waals surface area contributed by atoms with Crippen LogP contribution in [0.3, 0.4) is 0 Å². The summed E-state index contributed by atoms with van der Waals surface area (Å²) in [6.45, 7) is 0. The summed E-state index contributed by atoms with van der Waals surface area (Å²) in [4.78, 5) is 10.6. The summed E-state index contributed by atoms with van der Waals surface area (Å²) in [7, 11) is 0. The Morgan fingerprint density at radius 2 is 2.24 bits per heavy atom. The maximum absolute atomic E-state index is 10.6. The van der Waals surface area contributed by atoms with Gasteiger partial charge in [-0.15, -0.1) is 0 Å². The van der Waals surface area contributed by atoms with Crippen LogP contribution in [0.2, 0.25) is 0 Å². The lowest BCUT2D eigenvalue weighted by molar-refractivity contribution is -0.137. The van der Waals surface area contributed by atoms with Crippen molar-refractivity contribution in [3.63, 3.8) is 0 Å². The SMILES string of the molecule is NC(CCC(=O)O)c1cc(Br)cc2c1CCC2. The highest BCUT2D eigenvalue weighted by Gasteiger charge is 2.19. The zero-order valence-corrected chi connectivity index (χ0v) is 11.2. The minimum absolute atomic E-state index is 0.127. The average molecular weight is 298 g/mol. The third-order valence-electron chi connectivity index (χ3n) is 3.28. The molecule has 0 saturated carbocycles. The van der Waals surface area contributed by atoms with Crippen LogP contribution in [0.5, 0.6) is 0 Å². The molecule has 3 N–H and O–H groups in total. The van der Waals surface area contributed by atoms with Gasteiger partial charge in [-0.25, -0.2) is 0 Å². The predicted octanol–water partition coefficient (Wildman–Crippen LogP) is 2.80. The van der Waals surface area contributed by atoms with Crippen LogP contribution in [0.15, 0.2) is 16.6 Å². The van der Waals surface area contributed by atoms with Crippen molar-refractivity contribution in [2.24, 2.45) is 5.73 Å². The summed E-state index contributed by atoms with van der Waals surface area (Å²) in [5.74, 6) is -0.785. The maximum atomic E-state index is 10.6. The van der Waals surface area contributed by atoms with E-state index in [9.17, 15) is 4.79 Å². The highest BCUT2D eigenvalue weighted by atomic mass is 79.9. The molecule has 0 amide bonds. The maximum Gasteiger partial charge on any atom is 0.303 e. The van der Waals surface area contributed by atoms with Crippen LogP contribution >= 0.6 is 15.9 Å². The third-order valence-corrected chi connectivity index (χ3v) is 3.74. The molecule has 1 aromatic rings. The second-order valence-electron chi connectivity index (χ2n) is 4.53. The minimum atomic E-state index is -0.785. The molecule has 1 unspecified atom stereocenters. The van der Waals surface area contributed by atoms with E-state index in [0.717, 1.165) is 22.9 Å². The smallest absolute Gasteiger partial charge is 0.303 e. The van der Waals surface area contributed by atoms with Crippen LogP contribution in [0, 0.1) is 0 Å². The Morgan fingerprint density at radius 3 is 2.94 bits per heavy atom. The molecule has 1 aliphatic carbocycles. The van der Waals surface area contributed by atoms with Crippen LogP contribution in [-0.2, 0) is 17.6 Å². The monoisotopic (exact) mass is 297 g/mol. The van der Waals surface area contributed by atoms with Gasteiger partial charge in [0.15, 0.2) is 0 Å². The quantitative estimate of drug-likeness (QED) is 0.898. The van der Waals surface area contributed by atoms with Gasteiger partial charge in [0.25, 0.3) is 0 Å². The Labute approximate surface area is 109 Å². The predicted molar refractivity (Wildman–Crippen MR) is 70.0 cm³/mol. The zero-order chi connectivity index (χ0) is 12.4. The van der Waals surface area contributed by atoms with Gasteiger partial charge >= 0.3 is 5.97 Å². The number of carboxylic acids is 1. The van der Waals surface area contributed by atoms with Gasteiger partial charge in [-0.05, 0) is 54.5 Å². The van der Waals surface area contributed by atoms with E-state index in [1.807, 2.05) is 6.07 Å². The van der Waals surface area contributed by atoms with Crippen LogP contribution in [-0.4, -0.2) is 11.1 Å². The van der Waals surface area contributed by atoms with Crippen molar-refractivity contribution >= 4 is 21.9 Å². The molecule has 0 radical (unpaired) electrons. The van der Waals surface area contributed by atoms with E-state index in [4.69, 9.17) is 10.8 Å². The molecule has 17 heavy (non-hydrogen) atoms. The Kier molecular flexibility index (Phi) is 3.84. The summed E-state index contributed by atoms with van der Waals surface area (Å²) in [5, 5.41) is 8.69. The Hall–Kier alpha value is -0.870. The number of carbonyl (C=O) groups is 1. The van der Waals surface area contributed by atoms with E-state index in [-0.39, 0.29) is 12.5 Å². The number of hydrogen-bond acceptors (Lipinski definition) is 2. The molecule has 1 aromatic carbocycles. The lowest BCUT2D eigenvalue weighted by Crippen LogP contribution is -2.14. The average Bonchev–Trinajstić information content (AvgIpc) is 2.72.